The number of H-pyrrole nitrogens is 1. The molecular weight excluding hydrogens is 276 g/mol. The number of nitrogens with one attached hydrogen (secondary N) is 2. The van der Waals surface area contributed by atoms with E-state index >= 15 is 0 Å². The van der Waals surface area contributed by atoms with Crippen LogP contribution in [0.1, 0.15) is 25.8 Å². The summed E-state index contributed by atoms with van der Waals surface area (Å²) in [5.74, 6) is 0. The molecule has 0 saturated heterocycles. The number of hydrogen-bond acceptors (Lipinski definition) is 4. The lowest BCUT2D eigenvalue weighted by atomic mass is 10.2. The third-order valence-corrected chi connectivity index (χ3v) is 3.45. The Morgan fingerprint density at radius 1 is 1.36 bits per heavy atom. The quantitative estimate of drug-likeness (QED) is 0.759. The van der Waals surface area contributed by atoms with Crippen molar-refractivity contribution < 1.29 is 0 Å². The Morgan fingerprint density at radius 3 is 2.91 bits per heavy atom. The van der Waals surface area contributed by atoms with Crippen LogP contribution in [0.5, 0.6) is 0 Å². The summed E-state index contributed by atoms with van der Waals surface area (Å²) in [4.78, 5) is 12.5. The van der Waals surface area contributed by atoms with Crippen LogP contribution in [0.2, 0.25) is 0 Å². The van der Waals surface area contributed by atoms with E-state index in [9.17, 15) is 0 Å². The molecule has 22 heavy (non-hydrogen) atoms. The molecular formula is C16H20N6. The summed E-state index contributed by atoms with van der Waals surface area (Å²) in [6.45, 7) is 5.08. The Balaban J connectivity index is 2.10. The molecule has 0 amide bonds. The van der Waals surface area contributed by atoms with Crippen LogP contribution in [-0.4, -0.2) is 31.3 Å². The number of nitrogens with zero attached hydrogens (tertiary/aromatic N) is 4. The second-order valence-corrected chi connectivity index (χ2v) is 5.11. The molecule has 3 aromatic rings. The zero-order chi connectivity index (χ0) is 15.5. The van der Waals surface area contributed by atoms with E-state index in [0.717, 1.165) is 46.6 Å². The van der Waals surface area contributed by atoms with E-state index in [0.29, 0.717) is 0 Å². The van der Waals surface area contributed by atoms with Gasteiger partial charge in [0.05, 0.1) is 18.1 Å². The van der Waals surface area contributed by atoms with Crippen LogP contribution in [0.25, 0.3) is 28.1 Å². The number of fused-ring (bicyclic) bond motifs is 1. The van der Waals surface area contributed by atoms with Crippen LogP contribution in [-0.2, 0) is 7.05 Å². The molecule has 0 unspecified atom stereocenters. The highest BCUT2D eigenvalue weighted by Crippen LogP contribution is 2.24. The maximum absolute atomic E-state index is 4.78. The molecule has 3 rings (SSSR count). The van der Waals surface area contributed by atoms with Crippen molar-refractivity contribution in [2.24, 2.45) is 7.05 Å². The molecule has 0 aromatic carbocycles. The molecule has 0 radical (unpaired) electrons. The maximum Gasteiger partial charge on any atom is 0.156 e. The lowest BCUT2D eigenvalue weighted by Gasteiger charge is -2.07. The SMILES string of the molecule is CC/C=C(/NCC)c1c[nH]c2ncc(-c3cnn(C)c3)nc12. The molecule has 0 spiro atoms. The van der Waals surface area contributed by atoms with Gasteiger partial charge in [0.1, 0.15) is 5.52 Å². The summed E-state index contributed by atoms with van der Waals surface area (Å²) < 4.78 is 1.76. The highest BCUT2D eigenvalue weighted by molar-refractivity contribution is 5.88. The molecule has 3 heterocycles. The molecule has 6 heteroatoms. The molecule has 114 valence electrons. The smallest absolute Gasteiger partial charge is 0.156 e. The van der Waals surface area contributed by atoms with Crippen molar-refractivity contribution in [1.82, 2.24) is 30.0 Å². The van der Waals surface area contributed by atoms with Gasteiger partial charge in [0.25, 0.3) is 0 Å². The van der Waals surface area contributed by atoms with E-state index in [-0.39, 0.29) is 0 Å². The van der Waals surface area contributed by atoms with E-state index in [1.807, 2.05) is 19.4 Å². The molecule has 0 aliphatic heterocycles. The minimum absolute atomic E-state index is 0.794. The van der Waals surface area contributed by atoms with Crippen LogP contribution < -0.4 is 5.32 Å². The number of allylic oxidation sites excluding steroid dienone is 1. The predicted octanol–water partition coefficient (Wildman–Crippen LogP) is 2.72. The Labute approximate surface area is 129 Å². The molecule has 6 nitrogen and oxygen atoms in total. The zero-order valence-corrected chi connectivity index (χ0v) is 13.1. The van der Waals surface area contributed by atoms with Crippen molar-refractivity contribution in [3.8, 4) is 11.3 Å². The molecule has 3 aromatic heterocycles. The predicted molar refractivity (Wildman–Crippen MR) is 88.0 cm³/mol. The number of aromatic nitrogens is 5. The fraction of sp³-hybridized carbons (Fsp3) is 0.312. The molecule has 0 saturated carbocycles. The average Bonchev–Trinajstić information content (AvgIpc) is 3.12. The van der Waals surface area contributed by atoms with Crippen LogP contribution >= 0.6 is 0 Å². The van der Waals surface area contributed by atoms with Gasteiger partial charge >= 0.3 is 0 Å². The molecule has 2 N–H and O–H groups in total. The summed E-state index contributed by atoms with van der Waals surface area (Å²) in [5.41, 5.74) is 5.61. The lowest BCUT2D eigenvalue weighted by Crippen LogP contribution is -2.10. The largest absolute Gasteiger partial charge is 0.385 e. The Bertz CT molecular complexity index is 811. The summed E-state index contributed by atoms with van der Waals surface area (Å²) in [5, 5.41) is 7.59. The van der Waals surface area contributed by atoms with Gasteiger partial charge in [-0.25, -0.2) is 9.97 Å². The summed E-state index contributed by atoms with van der Waals surface area (Å²) in [7, 11) is 1.89. The van der Waals surface area contributed by atoms with Crippen molar-refractivity contribution in [2.75, 3.05) is 6.54 Å². The van der Waals surface area contributed by atoms with E-state index in [4.69, 9.17) is 4.98 Å². The number of aryl methyl sites for hydroxylation is 1. The van der Waals surface area contributed by atoms with Crippen molar-refractivity contribution in [3.05, 3.63) is 36.4 Å². The van der Waals surface area contributed by atoms with Crippen molar-refractivity contribution >= 4 is 16.9 Å². The summed E-state index contributed by atoms with van der Waals surface area (Å²) in [6.07, 6.45) is 10.6. The highest BCUT2D eigenvalue weighted by Gasteiger charge is 2.12. The second-order valence-electron chi connectivity index (χ2n) is 5.11. The van der Waals surface area contributed by atoms with Gasteiger partial charge < -0.3 is 10.3 Å². The van der Waals surface area contributed by atoms with Crippen LogP contribution in [0, 0.1) is 0 Å². The minimum Gasteiger partial charge on any atom is -0.385 e. The molecule has 0 bridgehead atoms. The van der Waals surface area contributed by atoms with Gasteiger partial charge in [0, 0.05) is 42.8 Å². The Kier molecular flexibility index (Phi) is 3.91. The minimum atomic E-state index is 0.794. The van der Waals surface area contributed by atoms with Crippen LogP contribution in [0.15, 0.2) is 30.9 Å². The zero-order valence-electron chi connectivity index (χ0n) is 13.1. The van der Waals surface area contributed by atoms with Gasteiger partial charge in [0.2, 0.25) is 0 Å². The number of aromatic amines is 1. The molecule has 0 aliphatic carbocycles. The summed E-state index contributed by atoms with van der Waals surface area (Å²) in [6, 6.07) is 0. The Morgan fingerprint density at radius 2 is 2.23 bits per heavy atom. The number of hydrogen-bond donors (Lipinski definition) is 2. The van der Waals surface area contributed by atoms with Gasteiger partial charge in [-0.3, -0.25) is 4.68 Å². The standard InChI is InChI=1S/C16H20N6/c1-4-6-13(17-5-2)12-8-18-16-15(12)21-14(9-19-16)11-7-20-22(3)10-11/h6-10,17H,4-5H2,1-3H3,(H,18,19)/b13-6+. The first kappa shape index (κ1) is 14.3. The highest BCUT2D eigenvalue weighted by atomic mass is 15.2. The fourth-order valence-electron chi connectivity index (χ4n) is 2.46. The number of rotatable bonds is 5. The fourth-order valence-corrected chi connectivity index (χ4v) is 2.46. The molecule has 0 fully saturated rings. The first-order valence-electron chi connectivity index (χ1n) is 7.50. The van der Waals surface area contributed by atoms with Crippen LogP contribution in [0.4, 0.5) is 0 Å². The third kappa shape index (κ3) is 2.59. The first-order chi connectivity index (χ1) is 10.7. The maximum atomic E-state index is 4.78. The van der Waals surface area contributed by atoms with E-state index in [1.165, 1.54) is 0 Å². The van der Waals surface area contributed by atoms with Crippen molar-refractivity contribution in [2.45, 2.75) is 20.3 Å². The van der Waals surface area contributed by atoms with Gasteiger partial charge in [-0.1, -0.05) is 13.0 Å². The van der Waals surface area contributed by atoms with E-state index < -0.39 is 0 Å². The monoisotopic (exact) mass is 296 g/mol. The second kappa shape index (κ2) is 6.01. The lowest BCUT2D eigenvalue weighted by molar-refractivity contribution is 0.768. The first-order valence-corrected chi connectivity index (χ1v) is 7.50. The Hall–Kier alpha value is -2.63. The third-order valence-electron chi connectivity index (χ3n) is 3.45. The van der Waals surface area contributed by atoms with Gasteiger partial charge in [-0.15, -0.1) is 0 Å². The normalized spacial score (nSPS) is 12.0. The van der Waals surface area contributed by atoms with Crippen molar-refractivity contribution in [3.63, 3.8) is 0 Å². The van der Waals surface area contributed by atoms with Gasteiger partial charge in [0.15, 0.2) is 5.65 Å². The van der Waals surface area contributed by atoms with Gasteiger partial charge in [-0.05, 0) is 13.3 Å². The average molecular weight is 296 g/mol. The molecule has 0 atom stereocenters. The van der Waals surface area contributed by atoms with Crippen molar-refractivity contribution in [1.29, 1.82) is 0 Å². The molecule has 0 aliphatic rings. The van der Waals surface area contributed by atoms with Crippen LogP contribution in [0.3, 0.4) is 0 Å². The van der Waals surface area contributed by atoms with E-state index in [1.54, 1.807) is 17.1 Å². The summed E-state index contributed by atoms with van der Waals surface area (Å²) >= 11 is 0. The van der Waals surface area contributed by atoms with Gasteiger partial charge in [-0.2, -0.15) is 5.10 Å². The topological polar surface area (TPSA) is 71.4 Å². The van der Waals surface area contributed by atoms with E-state index in [2.05, 4.69) is 40.3 Å².